The Kier molecular flexibility index (Phi) is 6.84. The third kappa shape index (κ3) is 5.82. The number of nitrogens with two attached hydrogens (primary N) is 2. The van der Waals surface area contributed by atoms with E-state index in [1.54, 1.807) is 72.8 Å². The van der Waals surface area contributed by atoms with Crippen LogP contribution in [0.25, 0.3) is 0 Å². The Morgan fingerprint density at radius 3 is 1.56 bits per heavy atom. The number of hydrogen-bond donors (Lipinski definition) is 3. The summed E-state index contributed by atoms with van der Waals surface area (Å²) < 4.78 is 0. The van der Waals surface area contributed by atoms with Crippen LogP contribution in [0, 0.1) is 0 Å². The first kappa shape index (κ1) is 19.4. The molecule has 0 saturated carbocycles. The minimum Gasteiger partial charge on any atom is -0.366 e. The number of anilines is 1. The summed E-state index contributed by atoms with van der Waals surface area (Å²) in [5, 5.41) is 2.67. The second kappa shape index (κ2) is 9.53. The fraction of sp³-hybridized carbons (Fsp3) is 0. The normalized spacial score (nSPS) is 9.48. The van der Waals surface area contributed by atoms with Crippen LogP contribution in [0.1, 0.15) is 31.1 Å². The molecule has 0 saturated heterocycles. The summed E-state index contributed by atoms with van der Waals surface area (Å²) in [6.45, 7) is 0. The number of carbonyl (C=O) groups excluding carboxylic acids is 3. The number of hydrogen-bond acceptors (Lipinski definition) is 3. The molecule has 136 valence electrons. The molecule has 0 spiro atoms. The molecular weight excluding hydrogens is 342 g/mol. The number of rotatable bonds is 4. The summed E-state index contributed by atoms with van der Waals surface area (Å²) >= 11 is 0. The standard InChI is InChI=1S/C14H12N2O2.C7H7NO/c15-13(17)11-8-4-5-9-12(11)16-14(18)10-6-2-1-3-7-10;8-7(9)6-4-2-1-3-5-6/h1-9H,(H2,15,17)(H,16,18);1-5H,(H2,8,9). The molecule has 0 aliphatic heterocycles. The Bertz CT molecular complexity index is 926. The molecule has 0 aliphatic rings. The highest BCUT2D eigenvalue weighted by atomic mass is 16.2. The van der Waals surface area contributed by atoms with Gasteiger partial charge in [0.05, 0.1) is 11.3 Å². The number of carbonyl (C=O) groups is 3. The van der Waals surface area contributed by atoms with E-state index in [2.05, 4.69) is 5.32 Å². The first-order chi connectivity index (χ1) is 13.0. The lowest BCUT2D eigenvalue weighted by molar-refractivity contribution is 0.0991. The summed E-state index contributed by atoms with van der Waals surface area (Å²) in [4.78, 5) is 33.6. The van der Waals surface area contributed by atoms with E-state index in [0.717, 1.165) is 0 Å². The highest BCUT2D eigenvalue weighted by Crippen LogP contribution is 2.15. The quantitative estimate of drug-likeness (QED) is 0.663. The highest BCUT2D eigenvalue weighted by Gasteiger charge is 2.11. The number of para-hydroxylation sites is 1. The number of amides is 3. The van der Waals surface area contributed by atoms with Crippen LogP contribution in [0.2, 0.25) is 0 Å². The van der Waals surface area contributed by atoms with Crippen molar-refractivity contribution in [2.45, 2.75) is 0 Å². The molecular formula is C21H19N3O3. The lowest BCUT2D eigenvalue weighted by Crippen LogP contribution is -2.18. The minimum absolute atomic E-state index is 0.274. The molecule has 0 aromatic heterocycles. The average molecular weight is 361 g/mol. The molecule has 5 N–H and O–H groups in total. The Labute approximate surface area is 156 Å². The van der Waals surface area contributed by atoms with Gasteiger partial charge in [-0.2, -0.15) is 0 Å². The van der Waals surface area contributed by atoms with E-state index in [1.807, 2.05) is 12.1 Å². The second-order valence-electron chi connectivity index (χ2n) is 5.46. The molecule has 0 atom stereocenters. The zero-order chi connectivity index (χ0) is 19.6. The maximum absolute atomic E-state index is 11.9. The molecule has 27 heavy (non-hydrogen) atoms. The zero-order valence-electron chi connectivity index (χ0n) is 14.5. The second-order valence-corrected chi connectivity index (χ2v) is 5.46. The van der Waals surface area contributed by atoms with E-state index in [-0.39, 0.29) is 11.8 Å². The molecule has 6 heteroatoms. The molecule has 0 fully saturated rings. The summed E-state index contributed by atoms with van der Waals surface area (Å²) in [5.41, 5.74) is 12.0. The van der Waals surface area contributed by atoms with Gasteiger partial charge in [0.15, 0.2) is 0 Å². The summed E-state index contributed by atoms with van der Waals surface area (Å²) in [6, 6.07) is 24.2. The third-order valence-corrected chi connectivity index (χ3v) is 3.54. The summed E-state index contributed by atoms with van der Waals surface area (Å²) in [7, 11) is 0. The van der Waals surface area contributed by atoms with E-state index in [0.29, 0.717) is 22.4 Å². The zero-order valence-corrected chi connectivity index (χ0v) is 14.5. The molecule has 3 amide bonds. The molecule has 3 aromatic carbocycles. The summed E-state index contributed by atoms with van der Waals surface area (Å²) in [5.74, 6) is -1.22. The van der Waals surface area contributed by atoms with Gasteiger partial charge in [0.25, 0.3) is 11.8 Å². The van der Waals surface area contributed by atoms with Gasteiger partial charge in [-0.1, -0.05) is 48.5 Å². The van der Waals surface area contributed by atoms with E-state index >= 15 is 0 Å². The van der Waals surface area contributed by atoms with Crippen molar-refractivity contribution in [1.29, 1.82) is 0 Å². The van der Waals surface area contributed by atoms with Crippen molar-refractivity contribution in [2.75, 3.05) is 5.32 Å². The van der Waals surface area contributed by atoms with E-state index in [4.69, 9.17) is 11.5 Å². The van der Waals surface area contributed by atoms with Crippen molar-refractivity contribution in [3.8, 4) is 0 Å². The van der Waals surface area contributed by atoms with Crippen molar-refractivity contribution in [3.05, 3.63) is 102 Å². The molecule has 3 rings (SSSR count). The van der Waals surface area contributed by atoms with Gasteiger partial charge in [0, 0.05) is 11.1 Å². The van der Waals surface area contributed by atoms with Gasteiger partial charge >= 0.3 is 0 Å². The first-order valence-electron chi connectivity index (χ1n) is 8.09. The van der Waals surface area contributed by atoms with Crippen LogP contribution in [0.3, 0.4) is 0 Å². The highest BCUT2D eigenvalue weighted by molar-refractivity contribution is 6.08. The van der Waals surface area contributed by atoms with Gasteiger partial charge in [0.2, 0.25) is 5.91 Å². The monoisotopic (exact) mass is 361 g/mol. The van der Waals surface area contributed by atoms with Crippen molar-refractivity contribution in [2.24, 2.45) is 11.5 Å². The van der Waals surface area contributed by atoms with Gasteiger partial charge in [-0.3, -0.25) is 14.4 Å². The SMILES string of the molecule is NC(=O)c1ccccc1.NC(=O)c1ccccc1NC(=O)c1ccccc1. The lowest BCUT2D eigenvalue weighted by Gasteiger charge is -2.08. The van der Waals surface area contributed by atoms with Crippen LogP contribution >= 0.6 is 0 Å². The summed E-state index contributed by atoms with van der Waals surface area (Å²) in [6.07, 6.45) is 0. The van der Waals surface area contributed by atoms with E-state index in [1.165, 1.54) is 0 Å². The minimum atomic E-state index is -0.570. The maximum atomic E-state index is 11.9. The number of primary amides is 2. The first-order valence-corrected chi connectivity index (χ1v) is 8.09. The van der Waals surface area contributed by atoms with Crippen molar-refractivity contribution in [1.82, 2.24) is 0 Å². The smallest absolute Gasteiger partial charge is 0.255 e. The molecule has 0 radical (unpaired) electrons. The van der Waals surface area contributed by atoms with Crippen molar-refractivity contribution in [3.63, 3.8) is 0 Å². The van der Waals surface area contributed by atoms with Crippen LogP contribution in [-0.2, 0) is 0 Å². The average Bonchev–Trinajstić information content (AvgIpc) is 2.70. The topological polar surface area (TPSA) is 115 Å². The number of benzene rings is 3. The molecule has 3 aromatic rings. The van der Waals surface area contributed by atoms with Gasteiger partial charge in [-0.05, 0) is 36.4 Å². The fourth-order valence-electron chi connectivity index (χ4n) is 2.19. The Balaban J connectivity index is 0.000000244. The number of nitrogens with one attached hydrogen (secondary N) is 1. The van der Waals surface area contributed by atoms with Crippen LogP contribution in [0.15, 0.2) is 84.9 Å². The third-order valence-electron chi connectivity index (χ3n) is 3.54. The molecule has 0 bridgehead atoms. The van der Waals surface area contributed by atoms with Crippen LogP contribution in [0.5, 0.6) is 0 Å². The predicted molar refractivity (Wildman–Crippen MR) is 104 cm³/mol. The maximum Gasteiger partial charge on any atom is 0.255 e. The van der Waals surface area contributed by atoms with Crippen LogP contribution < -0.4 is 16.8 Å². The fourth-order valence-corrected chi connectivity index (χ4v) is 2.19. The Morgan fingerprint density at radius 1 is 0.593 bits per heavy atom. The Morgan fingerprint density at radius 2 is 1.07 bits per heavy atom. The van der Waals surface area contributed by atoms with Crippen LogP contribution in [-0.4, -0.2) is 17.7 Å². The lowest BCUT2D eigenvalue weighted by atomic mass is 10.1. The van der Waals surface area contributed by atoms with Gasteiger partial charge < -0.3 is 16.8 Å². The van der Waals surface area contributed by atoms with Crippen LogP contribution in [0.4, 0.5) is 5.69 Å². The van der Waals surface area contributed by atoms with Gasteiger partial charge in [-0.25, -0.2) is 0 Å². The molecule has 0 unspecified atom stereocenters. The van der Waals surface area contributed by atoms with Crippen molar-refractivity contribution >= 4 is 23.4 Å². The van der Waals surface area contributed by atoms with E-state index in [9.17, 15) is 14.4 Å². The van der Waals surface area contributed by atoms with Gasteiger partial charge in [0.1, 0.15) is 0 Å². The molecule has 0 aliphatic carbocycles. The van der Waals surface area contributed by atoms with Crippen molar-refractivity contribution < 1.29 is 14.4 Å². The molecule has 0 heterocycles. The largest absolute Gasteiger partial charge is 0.366 e. The van der Waals surface area contributed by atoms with Gasteiger partial charge in [-0.15, -0.1) is 0 Å². The van der Waals surface area contributed by atoms with E-state index < -0.39 is 5.91 Å². The predicted octanol–water partition coefficient (Wildman–Crippen LogP) is 2.82. The Hall–Kier alpha value is -3.93. The molecule has 6 nitrogen and oxygen atoms in total.